The minimum atomic E-state index is 0.844. The minimum absolute atomic E-state index is 0.844. The van der Waals surface area contributed by atoms with Gasteiger partial charge in [-0.1, -0.05) is 84.9 Å². The van der Waals surface area contributed by atoms with Crippen LogP contribution in [0.2, 0.25) is 0 Å². The Morgan fingerprint density at radius 2 is 0.824 bits per heavy atom. The van der Waals surface area contributed by atoms with E-state index in [1.54, 1.807) is 0 Å². The van der Waals surface area contributed by atoms with Gasteiger partial charge in [0.2, 0.25) is 0 Å². The molecule has 0 amide bonds. The average Bonchev–Trinajstić information content (AvgIpc) is 3.72. The van der Waals surface area contributed by atoms with Gasteiger partial charge in [-0.2, -0.15) is 0 Å². The van der Waals surface area contributed by atoms with Crippen LogP contribution in [0.25, 0.3) is 87.6 Å². The van der Waals surface area contributed by atoms with E-state index in [9.17, 15) is 0 Å². The summed E-state index contributed by atoms with van der Waals surface area (Å²) in [5.41, 5.74) is 9.44. The number of rotatable bonds is 4. The van der Waals surface area contributed by atoms with Crippen LogP contribution in [0.3, 0.4) is 0 Å². The van der Waals surface area contributed by atoms with Crippen LogP contribution in [-0.2, 0) is 0 Å². The maximum absolute atomic E-state index is 6.53. The third-order valence-electron chi connectivity index (χ3n) is 10.2. The molecule has 8 aromatic carbocycles. The second-order valence-electron chi connectivity index (χ2n) is 13.2. The maximum atomic E-state index is 6.53. The molecular formula is C47H28N2O2. The van der Waals surface area contributed by atoms with E-state index in [0.717, 1.165) is 83.1 Å². The molecule has 4 nitrogen and oxygen atoms in total. The highest BCUT2D eigenvalue weighted by Crippen LogP contribution is 2.42. The highest BCUT2D eigenvalue weighted by atomic mass is 16.3. The van der Waals surface area contributed by atoms with Crippen LogP contribution in [0.5, 0.6) is 0 Å². The first-order chi connectivity index (χ1) is 25.2. The highest BCUT2D eigenvalue weighted by molar-refractivity contribution is 6.12. The van der Waals surface area contributed by atoms with Crippen molar-refractivity contribution >= 4 is 93.4 Å². The number of para-hydroxylation sites is 1. The molecule has 0 unspecified atom stereocenters. The van der Waals surface area contributed by atoms with Crippen LogP contribution in [0, 0.1) is 0 Å². The fourth-order valence-corrected chi connectivity index (χ4v) is 7.63. The zero-order valence-corrected chi connectivity index (χ0v) is 27.4. The van der Waals surface area contributed by atoms with Gasteiger partial charge in [0.05, 0.1) is 11.2 Å². The van der Waals surface area contributed by atoms with Gasteiger partial charge in [0.25, 0.3) is 0 Å². The largest absolute Gasteiger partial charge is 0.456 e. The number of furan rings is 2. The van der Waals surface area contributed by atoms with Crippen LogP contribution >= 0.6 is 0 Å². The molecule has 3 aromatic heterocycles. The number of benzene rings is 8. The van der Waals surface area contributed by atoms with E-state index in [0.29, 0.717) is 0 Å². The molecule has 0 radical (unpaired) electrons. The third-order valence-corrected chi connectivity index (χ3v) is 10.2. The molecule has 0 fully saturated rings. The summed E-state index contributed by atoms with van der Waals surface area (Å²) >= 11 is 0. The smallest absolute Gasteiger partial charge is 0.137 e. The molecule has 4 heteroatoms. The number of nitrogens with zero attached hydrogens (tertiary/aromatic N) is 2. The molecule has 0 aliphatic rings. The van der Waals surface area contributed by atoms with Crippen LogP contribution in [0.15, 0.2) is 179 Å². The molecule has 0 saturated heterocycles. The fourth-order valence-electron chi connectivity index (χ4n) is 7.63. The van der Waals surface area contributed by atoms with E-state index in [-0.39, 0.29) is 0 Å². The molecule has 0 aliphatic carbocycles. The van der Waals surface area contributed by atoms with Crippen molar-refractivity contribution in [1.82, 2.24) is 4.98 Å². The lowest BCUT2D eigenvalue weighted by Crippen LogP contribution is -2.09. The number of aromatic nitrogens is 1. The first kappa shape index (κ1) is 28.0. The van der Waals surface area contributed by atoms with Crippen molar-refractivity contribution in [3.63, 3.8) is 0 Å². The molecule has 238 valence electrons. The Morgan fingerprint density at radius 3 is 1.39 bits per heavy atom. The van der Waals surface area contributed by atoms with Crippen molar-refractivity contribution in [2.24, 2.45) is 0 Å². The molecule has 0 saturated carbocycles. The van der Waals surface area contributed by atoms with Crippen LogP contribution in [0.1, 0.15) is 0 Å². The van der Waals surface area contributed by atoms with E-state index >= 15 is 0 Å². The van der Waals surface area contributed by atoms with Crippen molar-refractivity contribution in [1.29, 1.82) is 0 Å². The standard InChI is InChI=1S/C47H28N2O2/c1-3-10-33-25-44-40(23-31(33)8-1)38-20-18-36(27-46(38)50-44)49(35-16-13-30(14-17-35)43-22-15-29-7-5-6-12-42(29)48-43)37-19-21-39-41-24-32-9-2-4-11-34(32)26-45(41)51-47(39)28-37/h1-28H. The molecular weight excluding hydrogens is 625 g/mol. The summed E-state index contributed by atoms with van der Waals surface area (Å²) in [6, 6.07) is 59.7. The maximum Gasteiger partial charge on any atom is 0.137 e. The van der Waals surface area contributed by atoms with Gasteiger partial charge < -0.3 is 13.7 Å². The normalized spacial score (nSPS) is 11.9. The Balaban J connectivity index is 1.07. The molecule has 0 bridgehead atoms. The Morgan fingerprint density at radius 1 is 0.353 bits per heavy atom. The second kappa shape index (κ2) is 10.8. The number of anilines is 3. The molecule has 11 aromatic rings. The van der Waals surface area contributed by atoms with Gasteiger partial charge in [-0.25, -0.2) is 4.98 Å². The van der Waals surface area contributed by atoms with Crippen molar-refractivity contribution in [2.75, 3.05) is 4.90 Å². The fraction of sp³-hybridized carbons (Fsp3) is 0. The van der Waals surface area contributed by atoms with E-state index in [1.807, 2.05) is 12.1 Å². The van der Waals surface area contributed by atoms with Crippen molar-refractivity contribution in [3.8, 4) is 11.3 Å². The molecule has 0 atom stereocenters. The topological polar surface area (TPSA) is 42.4 Å². The Kier molecular flexibility index (Phi) is 5.92. The SMILES string of the molecule is c1ccc2cc3c(cc2c1)oc1cc(N(c2ccc(-c4ccc5ccccc5n4)cc2)c2ccc4c(c2)oc2cc5ccccc5cc24)ccc13. The summed E-state index contributed by atoms with van der Waals surface area (Å²) < 4.78 is 13.1. The summed E-state index contributed by atoms with van der Waals surface area (Å²) in [6.45, 7) is 0. The van der Waals surface area contributed by atoms with E-state index < -0.39 is 0 Å². The summed E-state index contributed by atoms with van der Waals surface area (Å²) in [4.78, 5) is 7.22. The van der Waals surface area contributed by atoms with Gasteiger partial charge in [0, 0.05) is 61.7 Å². The Bertz CT molecular complexity index is 3000. The summed E-state index contributed by atoms with van der Waals surface area (Å²) in [5.74, 6) is 0. The Labute approximate surface area is 292 Å². The van der Waals surface area contributed by atoms with Crippen LogP contribution in [0.4, 0.5) is 17.1 Å². The third kappa shape index (κ3) is 4.50. The number of fused-ring (bicyclic) bond motifs is 9. The van der Waals surface area contributed by atoms with Crippen LogP contribution < -0.4 is 4.90 Å². The molecule has 3 heterocycles. The summed E-state index contributed by atoms with van der Waals surface area (Å²) in [7, 11) is 0. The van der Waals surface area contributed by atoms with Gasteiger partial charge in [-0.3, -0.25) is 0 Å². The summed E-state index contributed by atoms with van der Waals surface area (Å²) in [6.07, 6.45) is 0. The zero-order chi connectivity index (χ0) is 33.5. The van der Waals surface area contributed by atoms with Crippen molar-refractivity contribution in [3.05, 3.63) is 170 Å². The second-order valence-corrected chi connectivity index (χ2v) is 13.2. The van der Waals surface area contributed by atoms with Crippen LogP contribution in [-0.4, -0.2) is 4.98 Å². The zero-order valence-electron chi connectivity index (χ0n) is 27.4. The quantitative estimate of drug-likeness (QED) is 0.190. The Hall–Kier alpha value is -6.91. The van der Waals surface area contributed by atoms with Gasteiger partial charge in [-0.15, -0.1) is 0 Å². The van der Waals surface area contributed by atoms with Gasteiger partial charge in [0.1, 0.15) is 22.3 Å². The molecule has 11 rings (SSSR count). The number of pyridine rings is 1. The predicted octanol–water partition coefficient (Wildman–Crippen LogP) is 13.5. The van der Waals surface area contributed by atoms with Gasteiger partial charge in [0.15, 0.2) is 0 Å². The summed E-state index contributed by atoms with van der Waals surface area (Å²) in [5, 5.41) is 10.3. The molecule has 0 spiro atoms. The lowest BCUT2D eigenvalue weighted by molar-refractivity contribution is 0.669. The lowest BCUT2D eigenvalue weighted by Gasteiger charge is -2.25. The van der Waals surface area contributed by atoms with Gasteiger partial charge >= 0.3 is 0 Å². The van der Waals surface area contributed by atoms with Crippen molar-refractivity contribution in [2.45, 2.75) is 0 Å². The van der Waals surface area contributed by atoms with E-state index in [4.69, 9.17) is 13.8 Å². The van der Waals surface area contributed by atoms with E-state index in [1.165, 1.54) is 21.5 Å². The molecule has 51 heavy (non-hydrogen) atoms. The number of hydrogen-bond donors (Lipinski definition) is 0. The minimum Gasteiger partial charge on any atom is -0.456 e. The molecule has 0 aliphatic heterocycles. The first-order valence-corrected chi connectivity index (χ1v) is 17.2. The average molecular weight is 653 g/mol. The first-order valence-electron chi connectivity index (χ1n) is 17.2. The highest BCUT2D eigenvalue weighted by Gasteiger charge is 2.18. The monoisotopic (exact) mass is 652 g/mol. The van der Waals surface area contributed by atoms with Crippen molar-refractivity contribution < 1.29 is 8.83 Å². The number of hydrogen-bond acceptors (Lipinski definition) is 4. The van der Waals surface area contributed by atoms with Gasteiger partial charge in [-0.05, 0) is 94.3 Å². The molecule has 0 N–H and O–H groups in total. The predicted molar refractivity (Wildman–Crippen MR) is 211 cm³/mol. The van der Waals surface area contributed by atoms with E-state index in [2.05, 4.69) is 163 Å². The lowest BCUT2D eigenvalue weighted by atomic mass is 10.0.